The van der Waals surface area contributed by atoms with E-state index < -0.39 is 12.2 Å². The minimum absolute atomic E-state index is 0.108. The summed E-state index contributed by atoms with van der Waals surface area (Å²) in [6.07, 6.45) is 6.33. The Labute approximate surface area is 144 Å². The Balaban J connectivity index is 2.19. The molecular formula is C19H32O5. The molecule has 0 saturated heterocycles. The second-order valence-corrected chi connectivity index (χ2v) is 6.37. The SMILES string of the molecule is COc1cc(CCC(O)CC(O)CCCCCCCO)ccc1O. The number of methoxy groups -OCH3 is 1. The molecule has 2 atom stereocenters. The number of unbranched alkanes of at least 4 members (excludes halogenated alkanes) is 4. The van der Waals surface area contributed by atoms with Crippen LogP contribution >= 0.6 is 0 Å². The Kier molecular flexibility index (Phi) is 10.5. The molecule has 138 valence electrons. The summed E-state index contributed by atoms with van der Waals surface area (Å²) in [5.41, 5.74) is 0.988. The van der Waals surface area contributed by atoms with E-state index in [0.717, 1.165) is 37.7 Å². The normalized spacial score (nSPS) is 13.7. The smallest absolute Gasteiger partial charge is 0.160 e. The highest BCUT2D eigenvalue weighted by Gasteiger charge is 2.12. The maximum atomic E-state index is 10.1. The number of rotatable bonds is 13. The van der Waals surface area contributed by atoms with Gasteiger partial charge in [0, 0.05) is 6.61 Å². The molecule has 24 heavy (non-hydrogen) atoms. The number of aliphatic hydroxyl groups is 3. The van der Waals surface area contributed by atoms with Gasteiger partial charge in [0.2, 0.25) is 0 Å². The van der Waals surface area contributed by atoms with Crippen LogP contribution in [0.25, 0.3) is 0 Å². The van der Waals surface area contributed by atoms with Crippen LogP contribution in [0.3, 0.4) is 0 Å². The predicted octanol–water partition coefficient (Wildman–Crippen LogP) is 2.78. The van der Waals surface area contributed by atoms with Crippen molar-refractivity contribution in [2.45, 2.75) is 70.0 Å². The summed E-state index contributed by atoms with van der Waals surface area (Å²) in [5.74, 6) is 0.541. The van der Waals surface area contributed by atoms with Crippen LogP contribution in [0.1, 0.15) is 56.9 Å². The zero-order chi connectivity index (χ0) is 17.8. The van der Waals surface area contributed by atoms with Gasteiger partial charge in [0.25, 0.3) is 0 Å². The summed E-state index contributed by atoms with van der Waals surface area (Å²) < 4.78 is 5.07. The fourth-order valence-corrected chi connectivity index (χ4v) is 2.78. The van der Waals surface area contributed by atoms with E-state index in [2.05, 4.69) is 0 Å². The minimum atomic E-state index is -0.533. The van der Waals surface area contributed by atoms with Gasteiger partial charge in [0.15, 0.2) is 11.5 Å². The van der Waals surface area contributed by atoms with Gasteiger partial charge in [0.1, 0.15) is 0 Å². The van der Waals surface area contributed by atoms with E-state index >= 15 is 0 Å². The molecule has 0 radical (unpaired) electrons. The lowest BCUT2D eigenvalue weighted by atomic mass is 9.99. The Bertz CT molecular complexity index is 449. The van der Waals surface area contributed by atoms with Gasteiger partial charge in [-0.1, -0.05) is 31.7 Å². The Morgan fingerprint density at radius 3 is 2.33 bits per heavy atom. The number of hydrogen-bond acceptors (Lipinski definition) is 5. The molecule has 1 rings (SSSR count). The molecule has 0 aliphatic rings. The van der Waals surface area contributed by atoms with Gasteiger partial charge in [-0.2, -0.15) is 0 Å². The average Bonchev–Trinajstić information content (AvgIpc) is 2.57. The zero-order valence-electron chi connectivity index (χ0n) is 14.7. The third-order valence-electron chi connectivity index (χ3n) is 4.25. The van der Waals surface area contributed by atoms with Crippen LogP contribution in [0, 0.1) is 0 Å². The molecule has 0 aliphatic heterocycles. The van der Waals surface area contributed by atoms with Crippen LogP contribution in [-0.4, -0.2) is 46.4 Å². The number of aryl methyl sites for hydroxylation is 1. The molecule has 0 amide bonds. The number of phenols is 1. The quantitative estimate of drug-likeness (QED) is 0.415. The van der Waals surface area contributed by atoms with E-state index in [1.807, 2.05) is 6.07 Å². The van der Waals surface area contributed by atoms with Crippen LogP contribution in [0.2, 0.25) is 0 Å². The van der Waals surface area contributed by atoms with Crippen LogP contribution in [-0.2, 0) is 6.42 Å². The third-order valence-corrected chi connectivity index (χ3v) is 4.25. The van der Waals surface area contributed by atoms with Crippen molar-refractivity contribution in [2.24, 2.45) is 0 Å². The predicted molar refractivity (Wildman–Crippen MR) is 94.4 cm³/mol. The van der Waals surface area contributed by atoms with E-state index in [4.69, 9.17) is 9.84 Å². The lowest BCUT2D eigenvalue weighted by molar-refractivity contribution is 0.0697. The van der Waals surface area contributed by atoms with Crippen LogP contribution in [0.5, 0.6) is 11.5 Å². The maximum absolute atomic E-state index is 10.1. The third kappa shape index (κ3) is 8.52. The second-order valence-electron chi connectivity index (χ2n) is 6.37. The first-order chi connectivity index (χ1) is 11.6. The lowest BCUT2D eigenvalue weighted by Crippen LogP contribution is -2.18. The number of aromatic hydroxyl groups is 1. The standard InChI is InChI=1S/C19H32O5/c1-24-19-13-15(9-11-18(19)23)8-10-17(22)14-16(21)7-5-3-2-4-6-12-20/h9,11,13,16-17,20-23H,2-8,10,12,14H2,1H3. The fraction of sp³-hybridized carbons (Fsp3) is 0.684. The van der Waals surface area contributed by atoms with E-state index in [9.17, 15) is 15.3 Å². The van der Waals surface area contributed by atoms with Crippen LogP contribution in [0.15, 0.2) is 18.2 Å². The molecule has 4 N–H and O–H groups in total. The maximum Gasteiger partial charge on any atom is 0.160 e. The summed E-state index contributed by atoms with van der Waals surface area (Å²) in [5, 5.41) is 38.3. The molecule has 5 heteroatoms. The summed E-state index contributed by atoms with van der Waals surface area (Å²) >= 11 is 0. The van der Waals surface area contributed by atoms with Crippen LogP contribution in [0.4, 0.5) is 0 Å². The number of hydrogen-bond donors (Lipinski definition) is 4. The molecule has 1 aromatic rings. The van der Waals surface area contributed by atoms with Crippen molar-refractivity contribution >= 4 is 0 Å². The summed E-state index contributed by atoms with van der Waals surface area (Å²) in [4.78, 5) is 0. The first kappa shape index (κ1) is 20.7. The molecule has 0 aromatic heterocycles. The van der Waals surface area contributed by atoms with E-state index in [1.165, 1.54) is 7.11 Å². The molecule has 0 saturated carbocycles. The van der Waals surface area contributed by atoms with Crippen molar-refractivity contribution in [2.75, 3.05) is 13.7 Å². The molecule has 0 heterocycles. The summed E-state index contributed by atoms with van der Waals surface area (Å²) in [7, 11) is 1.51. The highest BCUT2D eigenvalue weighted by Crippen LogP contribution is 2.27. The monoisotopic (exact) mass is 340 g/mol. The largest absolute Gasteiger partial charge is 0.504 e. The van der Waals surface area contributed by atoms with Gasteiger partial charge >= 0.3 is 0 Å². The van der Waals surface area contributed by atoms with E-state index in [1.54, 1.807) is 12.1 Å². The Morgan fingerprint density at radius 2 is 1.62 bits per heavy atom. The molecular weight excluding hydrogens is 308 g/mol. The molecule has 0 aliphatic carbocycles. The highest BCUT2D eigenvalue weighted by atomic mass is 16.5. The molecule has 0 spiro atoms. The Morgan fingerprint density at radius 1 is 0.958 bits per heavy atom. The van der Waals surface area contributed by atoms with E-state index in [0.29, 0.717) is 31.4 Å². The van der Waals surface area contributed by atoms with Crippen molar-refractivity contribution in [1.82, 2.24) is 0 Å². The van der Waals surface area contributed by atoms with Gasteiger partial charge in [-0.15, -0.1) is 0 Å². The van der Waals surface area contributed by atoms with Gasteiger partial charge in [-0.3, -0.25) is 0 Å². The number of benzene rings is 1. The molecule has 5 nitrogen and oxygen atoms in total. The van der Waals surface area contributed by atoms with Gasteiger partial charge in [-0.25, -0.2) is 0 Å². The first-order valence-electron chi connectivity index (χ1n) is 8.89. The van der Waals surface area contributed by atoms with E-state index in [-0.39, 0.29) is 12.4 Å². The number of aliphatic hydroxyl groups excluding tert-OH is 3. The van der Waals surface area contributed by atoms with Crippen molar-refractivity contribution in [1.29, 1.82) is 0 Å². The van der Waals surface area contributed by atoms with Crippen LogP contribution < -0.4 is 4.74 Å². The lowest BCUT2D eigenvalue weighted by Gasteiger charge is -2.16. The first-order valence-corrected chi connectivity index (χ1v) is 8.89. The minimum Gasteiger partial charge on any atom is -0.504 e. The fourth-order valence-electron chi connectivity index (χ4n) is 2.78. The van der Waals surface area contributed by atoms with Crippen molar-refractivity contribution in [3.05, 3.63) is 23.8 Å². The summed E-state index contributed by atoms with van der Waals surface area (Å²) in [6, 6.07) is 5.17. The molecule has 1 aromatic carbocycles. The van der Waals surface area contributed by atoms with Gasteiger partial charge in [-0.05, 0) is 49.8 Å². The number of ether oxygens (including phenoxy) is 1. The zero-order valence-corrected chi connectivity index (χ0v) is 14.7. The molecule has 0 fully saturated rings. The number of phenolic OH excluding ortho intramolecular Hbond substituents is 1. The topological polar surface area (TPSA) is 90.2 Å². The Hall–Kier alpha value is -1.30. The van der Waals surface area contributed by atoms with Crippen molar-refractivity contribution in [3.8, 4) is 11.5 Å². The van der Waals surface area contributed by atoms with Crippen molar-refractivity contribution < 1.29 is 25.2 Å². The van der Waals surface area contributed by atoms with Gasteiger partial charge < -0.3 is 25.2 Å². The van der Waals surface area contributed by atoms with Crippen molar-refractivity contribution in [3.63, 3.8) is 0 Å². The summed E-state index contributed by atoms with van der Waals surface area (Å²) in [6.45, 7) is 0.252. The van der Waals surface area contributed by atoms with Gasteiger partial charge in [0.05, 0.1) is 19.3 Å². The second kappa shape index (κ2) is 12.1. The average molecular weight is 340 g/mol. The molecule has 0 bridgehead atoms. The molecule has 2 unspecified atom stereocenters. The highest BCUT2D eigenvalue weighted by molar-refractivity contribution is 5.41.